The Balaban J connectivity index is 2.09. The number of hydrogen-bond donors (Lipinski definition) is 1. The van der Waals surface area contributed by atoms with Gasteiger partial charge in [-0.3, -0.25) is 9.59 Å². The molecule has 0 unspecified atom stereocenters. The molecular weight excluding hydrogens is 543 g/mol. The molecule has 0 aliphatic rings. The number of hydrogen-bond acceptors (Lipinski definition) is 4. The normalized spacial score (nSPS) is 13.0. The van der Waals surface area contributed by atoms with E-state index in [4.69, 9.17) is 0 Å². The van der Waals surface area contributed by atoms with Crippen LogP contribution in [-0.2, 0) is 32.8 Å². The number of nitrogens with zero attached hydrogens (tertiary/aromatic N) is 3. The van der Waals surface area contributed by atoms with Crippen LogP contribution in [-0.4, -0.2) is 62.2 Å². The topological polar surface area (TPSA) is 90.0 Å². The van der Waals surface area contributed by atoms with Crippen molar-refractivity contribution < 1.29 is 22.4 Å². The zero-order chi connectivity index (χ0) is 30.2. The molecule has 0 aliphatic heterocycles. The van der Waals surface area contributed by atoms with E-state index in [2.05, 4.69) is 5.32 Å². The molecule has 1 N–H and O–H groups in total. The lowest BCUT2D eigenvalue weighted by Gasteiger charge is -2.35. The fourth-order valence-corrected chi connectivity index (χ4v) is 5.38. The molecule has 0 aromatic heterocycles. The van der Waals surface area contributed by atoms with Crippen LogP contribution < -0.4 is 9.62 Å². The first kappa shape index (κ1) is 31.8. The number of aryl methyl sites for hydroxylation is 1. The van der Waals surface area contributed by atoms with E-state index in [9.17, 15) is 22.4 Å². The number of anilines is 1. The van der Waals surface area contributed by atoms with Gasteiger partial charge in [0, 0.05) is 33.1 Å². The molecule has 220 valence electrons. The summed E-state index contributed by atoms with van der Waals surface area (Å²) in [6.45, 7) is 5.29. The van der Waals surface area contributed by atoms with Crippen LogP contribution in [0.4, 0.5) is 10.1 Å². The highest BCUT2D eigenvalue weighted by molar-refractivity contribution is 7.90. The molecule has 3 rings (SSSR count). The fraction of sp³-hybridized carbons (Fsp3) is 0.355. The minimum absolute atomic E-state index is 0.0885. The summed E-state index contributed by atoms with van der Waals surface area (Å²) in [5.41, 5.74) is 2.78. The van der Waals surface area contributed by atoms with Crippen molar-refractivity contribution in [3.05, 3.63) is 101 Å². The molecule has 2 atom stereocenters. The Hall–Kier alpha value is -3.76. The van der Waals surface area contributed by atoms with E-state index in [1.54, 1.807) is 0 Å². The molecule has 0 spiro atoms. The molecular formula is C31H39FN4O4S. The van der Waals surface area contributed by atoms with E-state index in [0.717, 1.165) is 37.4 Å². The van der Waals surface area contributed by atoms with Gasteiger partial charge in [-0.25, -0.2) is 8.70 Å². The monoisotopic (exact) mass is 582 g/mol. The van der Waals surface area contributed by atoms with Crippen molar-refractivity contribution >= 4 is 27.7 Å². The van der Waals surface area contributed by atoms with Crippen LogP contribution in [0.5, 0.6) is 0 Å². The number of amides is 2. The van der Waals surface area contributed by atoms with Crippen molar-refractivity contribution in [2.75, 3.05) is 24.9 Å². The third-order valence-electron chi connectivity index (χ3n) is 6.84. The zero-order valence-electron chi connectivity index (χ0n) is 24.2. The average molecular weight is 583 g/mol. The number of rotatable bonds is 13. The number of halogens is 1. The molecule has 10 heteroatoms. The Kier molecular flexibility index (Phi) is 11.0. The van der Waals surface area contributed by atoms with Crippen LogP contribution in [0.3, 0.4) is 0 Å². The standard InChI is InChI=1S/C31H39FN4O4S/c1-6-24(3)33-31(38)29(20-25-12-8-7-9-13-25)35(21-26-14-10-11-23(2)19-26)30(37)22-36(41(39,40)34(4)5)28-17-15-27(32)16-18-28/h7-19,24,29H,6,20-22H2,1-5H3,(H,33,38)/t24-,29-/m1/s1. The highest BCUT2D eigenvalue weighted by atomic mass is 32.2. The van der Waals surface area contributed by atoms with Gasteiger partial charge in [0.1, 0.15) is 18.4 Å². The summed E-state index contributed by atoms with van der Waals surface area (Å²) in [5, 5.41) is 3.01. The van der Waals surface area contributed by atoms with E-state index in [1.807, 2.05) is 75.4 Å². The quantitative estimate of drug-likeness (QED) is 0.326. The molecule has 0 saturated carbocycles. The molecule has 0 fully saturated rings. The molecule has 0 saturated heterocycles. The summed E-state index contributed by atoms with van der Waals surface area (Å²) < 4.78 is 42.4. The third-order valence-corrected chi connectivity index (χ3v) is 8.66. The summed E-state index contributed by atoms with van der Waals surface area (Å²) in [4.78, 5) is 29.4. The highest BCUT2D eigenvalue weighted by Gasteiger charge is 2.35. The first-order valence-corrected chi connectivity index (χ1v) is 15.0. The molecule has 3 aromatic carbocycles. The second-order valence-electron chi connectivity index (χ2n) is 10.3. The third kappa shape index (κ3) is 8.61. The largest absolute Gasteiger partial charge is 0.352 e. The van der Waals surface area contributed by atoms with Crippen molar-refractivity contribution in [1.29, 1.82) is 0 Å². The average Bonchev–Trinajstić information content (AvgIpc) is 2.94. The number of carbonyl (C=O) groups is 2. The summed E-state index contributed by atoms with van der Waals surface area (Å²) in [5.74, 6) is -1.43. The minimum atomic E-state index is -4.14. The molecule has 2 amide bonds. The van der Waals surface area contributed by atoms with Crippen LogP contribution in [0.15, 0.2) is 78.9 Å². The molecule has 0 radical (unpaired) electrons. The second-order valence-corrected chi connectivity index (χ2v) is 12.4. The van der Waals surface area contributed by atoms with Gasteiger partial charge < -0.3 is 10.2 Å². The summed E-state index contributed by atoms with van der Waals surface area (Å²) in [6, 6.07) is 20.9. The maximum absolute atomic E-state index is 14.2. The summed E-state index contributed by atoms with van der Waals surface area (Å²) in [7, 11) is -1.43. The lowest BCUT2D eigenvalue weighted by molar-refractivity contribution is -0.140. The van der Waals surface area contributed by atoms with Gasteiger partial charge in [-0.1, -0.05) is 67.1 Å². The maximum atomic E-state index is 14.2. The van der Waals surface area contributed by atoms with Crippen LogP contribution in [0.25, 0.3) is 0 Å². The highest BCUT2D eigenvalue weighted by Crippen LogP contribution is 2.22. The Morgan fingerprint density at radius 3 is 2.15 bits per heavy atom. The summed E-state index contributed by atoms with van der Waals surface area (Å²) in [6.07, 6.45) is 0.937. The maximum Gasteiger partial charge on any atom is 0.304 e. The second kappa shape index (κ2) is 14.2. The van der Waals surface area contributed by atoms with Gasteiger partial charge in [0.05, 0.1) is 5.69 Å². The molecule has 3 aromatic rings. The van der Waals surface area contributed by atoms with Gasteiger partial charge in [0.25, 0.3) is 0 Å². The van der Waals surface area contributed by atoms with Crippen LogP contribution in [0.2, 0.25) is 0 Å². The van der Waals surface area contributed by atoms with Crippen molar-refractivity contribution in [1.82, 2.24) is 14.5 Å². The number of carbonyl (C=O) groups excluding carboxylic acids is 2. The molecule has 0 heterocycles. The Labute approximate surface area is 243 Å². The predicted octanol–water partition coefficient (Wildman–Crippen LogP) is 4.30. The van der Waals surface area contributed by atoms with Gasteiger partial charge in [-0.2, -0.15) is 12.7 Å². The van der Waals surface area contributed by atoms with Crippen LogP contribution in [0.1, 0.15) is 37.0 Å². The van der Waals surface area contributed by atoms with Crippen molar-refractivity contribution in [2.24, 2.45) is 0 Å². The van der Waals surface area contributed by atoms with Gasteiger partial charge in [0.15, 0.2) is 0 Å². The number of benzene rings is 3. The SMILES string of the molecule is CC[C@@H](C)NC(=O)[C@@H](Cc1ccccc1)N(Cc1cccc(C)c1)C(=O)CN(c1ccc(F)cc1)S(=O)(=O)N(C)C. The molecule has 0 aliphatic carbocycles. The summed E-state index contributed by atoms with van der Waals surface area (Å²) >= 11 is 0. The van der Waals surface area contributed by atoms with Crippen molar-refractivity contribution in [3.8, 4) is 0 Å². The van der Waals surface area contributed by atoms with E-state index < -0.39 is 34.5 Å². The first-order chi connectivity index (χ1) is 19.4. The first-order valence-electron chi connectivity index (χ1n) is 13.6. The lowest BCUT2D eigenvalue weighted by Crippen LogP contribution is -2.55. The molecule has 8 nitrogen and oxygen atoms in total. The molecule has 0 bridgehead atoms. The van der Waals surface area contributed by atoms with Gasteiger partial charge in [-0.05, 0) is 55.7 Å². The fourth-order valence-electron chi connectivity index (χ4n) is 4.33. The van der Waals surface area contributed by atoms with Gasteiger partial charge in [-0.15, -0.1) is 0 Å². The van der Waals surface area contributed by atoms with E-state index in [1.165, 1.54) is 31.1 Å². The Bertz CT molecular complexity index is 1420. The van der Waals surface area contributed by atoms with E-state index in [0.29, 0.717) is 6.42 Å². The van der Waals surface area contributed by atoms with Crippen LogP contribution >= 0.6 is 0 Å². The Morgan fingerprint density at radius 2 is 1.56 bits per heavy atom. The minimum Gasteiger partial charge on any atom is -0.352 e. The lowest BCUT2D eigenvalue weighted by atomic mass is 10.0. The van der Waals surface area contributed by atoms with Gasteiger partial charge >= 0.3 is 10.2 Å². The smallest absolute Gasteiger partial charge is 0.304 e. The van der Waals surface area contributed by atoms with Gasteiger partial charge in [0.2, 0.25) is 11.8 Å². The zero-order valence-corrected chi connectivity index (χ0v) is 25.1. The van der Waals surface area contributed by atoms with Crippen molar-refractivity contribution in [2.45, 2.75) is 52.2 Å². The van der Waals surface area contributed by atoms with E-state index >= 15 is 0 Å². The predicted molar refractivity (Wildman–Crippen MR) is 160 cm³/mol. The van der Waals surface area contributed by atoms with Crippen LogP contribution in [0, 0.1) is 12.7 Å². The van der Waals surface area contributed by atoms with E-state index in [-0.39, 0.29) is 30.6 Å². The van der Waals surface area contributed by atoms with Crippen molar-refractivity contribution in [3.63, 3.8) is 0 Å². The molecule has 41 heavy (non-hydrogen) atoms. The number of nitrogens with one attached hydrogen (secondary N) is 1. The Morgan fingerprint density at radius 1 is 0.927 bits per heavy atom.